The zero-order chi connectivity index (χ0) is 17.8. The number of benzene rings is 3. The molecule has 1 N–H and O–H groups in total. The third kappa shape index (κ3) is 3.73. The van der Waals surface area contributed by atoms with Gasteiger partial charge in [0.2, 0.25) is 0 Å². The largest absolute Gasteiger partial charge is 0.478 e. The molecule has 0 aliphatic carbocycles. The molecule has 0 atom stereocenters. The van der Waals surface area contributed by atoms with E-state index < -0.39 is 5.97 Å². The van der Waals surface area contributed by atoms with Crippen molar-refractivity contribution < 1.29 is 9.90 Å². The molecule has 122 valence electrons. The molecule has 0 spiro atoms. The van der Waals surface area contributed by atoms with Crippen LogP contribution in [-0.2, 0) is 4.79 Å². The van der Waals surface area contributed by atoms with Crippen molar-refractivity contribution in [1.82, 2.24) is 0 Å². The van der Waals surface area contributed by atoms with Gasteiger partial charge in [0.15, 0.2) is 0 Å². The average Bonchev–Trinajstić information content (AvgIpc) is 2.61. The molecule has 3 rings (SSSR count). The molecule has 0 saturated carbocycles. The van der Waals surface area contributed by atoms with Gasteiger partial charge in [-0.15, -0.1) is 0 Å². The second kappa shape index (κ2) is 7.25. The van der Waals surface area contributed by atoms with Gasteiger partial charge >= 0.3 is 5.97 Å². The van der Waals surface area contributed by atoms with E-state index in [-0.39, 0.29) is 0 Å². The second-order valence-corrected chi connectivity index (χ2v) is 6.83. The Bertz CT molecular complexity index is 1010. The van der Waals surface area contributed by atoms with Crippen molar-refractivity contribution >= 4 is 28.5 Å². The van der Waals surface area contributed by atoms with Gasteiger partial charge in [0, 0.05) is 16.5 Å². The average molecular weight is 345 g/mol. The van der Waals surface area contributed by atoms with Gasteiger partial charge in [-0.3, -0.25) is 0 Å². The molecular weight excluding hydrogens is 330 g/mol. The highest BCUT2D eigenvalue weighted by molar-refractivity contribution is 8.03. The van der Waals surface area contributed by atoms with Crippen LogP contribution in [0.3, 0.4) is 0 Å². The summed E-state index contributed by atoms with van der Waals surface area (Å²) in [6.45, 7) is 1.79. The molecule has 0 bridgehead atoms. The normalized spacial score (nSPS) is 11.3. The number of carboxylic acid groups (broad SMARTS) is 1. The van der Waals surface area contributed by atoms with Crippen LogP contribution in [0, 0.1) is 11.3 Å². The van der Waals surface area contributed by atoms with Crippen LogP contribution >= 0.6 is 11.8 Å². The van der Waals surface area contributed by atoms with Gasteiger partial charge in [0.25, 0.3) is 0 Å². The Hall–Kier alpha value is -3.03. The Morgan fingerprint density at radius 1 is 1.08 bits per heavy atom. The van der Waals surface area contributed by atoms with Crippen LogP contribution in [0.1, 0.15) is 12.5 Å². The van der Waals surface area contributed by atoms with Crippen molar-refractivity contribution in [1.29, 1.82) is 5.26 Å². The summed E-state index contributed by atoms with van der Waals surface area (Å²) in [6.07, 6.45) is 1.21. The second-order valence-electron chi connectivity index (χ2n) is 5.54. The van der Waals surface area contributed by atoms with Gasteiger partial charge in [-0.2, -0.15) is 5.26 Å². The van der Waals surface area contributed by atoms with Crippen molar-refractivity contribution in [3.05, 3.63) is 77.2 Å². The number of carboxylic acids is 1. The van der Waals surface area contributed by atoms with E-state index in [1.807, 2.05) is 36.4 Å². The molecule has 0 fully saturated rings. The summed E-state index contributed by atoms with van der Waals surface area (Å²) in [6, 6.07) is 21.7. The lowest BCUT2D eigenvalue weighted by atomic mass is 9.97. The van der Waals surface area contributed by atoms with Gasteiger partial charge < -0.3 is 5.11 Å². The summed E-state index contributed by atoms with van der Waals surface area (Å²) in [5.74, 6) is -0.953. The number of thioether (sulfide) groups is 1. The molecule has 4 heteroatoms. The van der Waals surface area contributed by atoms with Gasteiger partial charge in [-0.25, -0.2) is 4.79 Å². The van der Waals surface area contributed by atoms with Crippen LogP contribution in [0.5, 0.6) is 0 Å². The molecule has 0 amide bonds. The van der Waals surface area contributed by atoms with Gasteiger partial charge in [0.1, 0.15) is 0 Å². The molecule has 3 aromatic rings. The minimum Gasteiger partial charge on any atom is -0.478 e. The number of carbonyl (C=O) groups is 1. The van der Waals surface area contributed by atoms with Crippen molar-refractivity contribution in [3.63, 3.8) is 0 Å². The highest BCUT2D eigenvalue weighted by Crippen LogP contribution is 2.40. The topological polar surface area (TPSA) is 61.1 Å². The van der Waals surface area contributed by atoms with E-state index in [0.717, 1.165) is 26.8 Å². The monoisotopic (exact) mass is 345 g/mol. The highest BCUT2D eigenvalue weighted by atomic mass is 32.2. The van der Waals surface area contributed by atoms with E-state index in [1.165, 1.54) is 17.8 Å². The first-order valence-corrected chi connectivity index (χ1v) is 8.51. The van der Waals surface area contributed by atoms with Crippen molar-refractivity contribution in [2.45, 2.75) is 11.8 Å². The van der Waals surface area contributed by atoms with Gasteiger partial charge in [-0.1, -0.05) is 54.2 Å². The quantitative estimate of drug-likeness (QED) is 0.504. The lowest BCUT2D eigenvalue weighted by Crippen LogP contribution is -1.90. The molecular formula is C21H15NO2S. The molecule has 0 heterocycles. The molecule has 0 aliphatic heterocycles. The number of hydrogen-bond acceptors (Lipinski definition) is 3. The first kappa shape index (κ1) is 16.8. The zero-order valence-electron chi connectivity index (χ0n) is 13.6. The van der Waals surface area contributed by atoms with E-state index in [0.29, 0.717) is 10.5 Å². The van der Waals surface area contributed by atoms with Crippen molar-refractivity contribution in [2.75, 3.05) is 0 Å². The lowest BCUT2D eigenvalue weighted by molar-refractivity contribution is -0.131. The number of nitriles is 1. The summed E-state index contributed by atoms with van der Waals surface area (Å²) in [5.41, 5.74) is 2.66. The van der Waals surface area contributed by atoms with E-state index in [9.17, 15) is 4.79 Å². The van der Waals surface area contributed by atoms with Crippen LogP contribution in [-0.4, -0.2) is 11.1 Å². The summed E-state index contributed by atoms with van der Waals surface area (Å²) < 4.78 is 0. The van der Waals surface area contributed by atoms with E-state index in [2.05, 4.69) is 18.2 Å². The standard InChI is InChI=1S/C21H15NO2S/c1-14(12-20(23)24)25-19-11-10-16-4-2-3-5-18(16)21(19)17-8-6-15(13-22)7-9-17/h2-12H,1H3,(H,23,24)/b14-12+. The Balaban J connectivity index is 2.19. The summed E-state index contributed by atoms with van der Waals surface area (Å²) >= 11 is 1.43. The Labute approximate surface area is 150 Å². The first-order chi connectivity index (χ1) is 12.1. The number of hydrogen-bond donors (Lipinski definition) is 1. The molecule has 0 unspecified atom stereocenters. The number of aliphatic carboxylic acids is 1. The molecule has 0 aliphatic rings. The number of rotatable bonds is 4. The van der Waals surface area contributed by atoms with Crippen LogP contribution < -0.4 is 0 Å². The third-order valence-corrected chi connectivity index (χ3v) is 4.79. The predicted molar refractivity (Wildman–Crippen MR) is 101 cm³/mol. The Morgan fingerprint density at radius 2 is 1.80 bits per heavy atom. The number of allylic oxidation sites excluding steroid dienone is 1. The molecule has 0 saturated heterocycles. The van der Waals surface area contributed by atoms with Crippen LogP contribution in [0.4, 0.5) is 0 Å². The van der Waals surface area contributed by atoms with Crippen molar-refractivity contribution in [2.24, 2.45) is 0 Å². The van der Waals surface area contributed by atoms with E-state index >= 15 is 0 Å². The van der Waals surface area contributed by atoms with Crippen LogP contribution in [0.15, 0.2) is 76.5 Å². The predicted octanol–water partition coefficient (Wildman–Crippen LogP) is 5.46. The van der Waals surface area contributed by atoms with Crippen LogP contribution in [0.25, 0.3) is 21.9 Å². The van der Waals surface area contributed by atoms with Gasteiger partial charge in [0.05, 0.1) is 11.6 Å². The Morgan fingerprint density at radius 3 is 2.48 bits per heavy atom. The van der Waals surface area contributed by atoms with E-state index in [1.54, 1.807) is 19.1 Å². The highest BCUT2D eigenvalue weighted by Gasteiger charge is 2.12. The fourth-order valence-corrected chi connectivity index (χ4v) is 3.70. The maximum absolute atomic E-state index is 10.9. The smallest absolute Gasteiger partial charge is 0.329 e. The maximum atomic E-state index is 10.9. The minimum absolute atomic E-state index is 0.611. The fourth-order valence-electron chi connectivity index (χ4n) is 2.72. The summed E-state index contributed by atoms with van der Waals surface area (Å²) in [5, 5.41) is 20.2. The maximum Gasteiger partial charge on any atom is 0.329 e. The number of fused-ring (bicyclic) bond motifs is 1. The minimum atomic E-state index is -0.953. The molecule has 0 radical (unpaired) electrons. The molecule has 0 aromatic heterocycles. The lowest BCUT2D eigenvalue weighted by Gasteiger charge is -2.13. The molecule has 25 heavy (non-hydrogen) atoms. The van der Waals surface area contributed by atoms with Crippen LogP contribution in [0.2, 0.25) is 0 Å². The zero-order valence-corrected chi connectivity index (χ0v) is 14.4. The van der Waals surface area contributed by atoms with Crippen molar-refractivity contribution in [3.8, 4) is 17.2 Å². The SMILES string of the molecule is C/C(=C\C(=O)O)Sc1ccc2ccccc2c1-c1ccc(C#N)cc1. The molecule has 3 aromatic carbocycles. The first-order valence-electron chi connectivity index (χ1n) is 7.70. The summed E-state index contributed by atoms with van der Waals surface area (Å²) in [7, 11) is 0. The number of nitrogens with zero attached hydrogens (tertiary/aromatic N) is 1. The third-order valence-electron chi connectivity index (χ3n) is 3.79. The van der Waals surface area contributed by atoms with Gasteiger partial charge in [-0.05, 0) is 46.4 Å². The summed E-state index contributed by atoms with van der Waals surface area (Å²) in [4.78, 5) is 12.6. The fraction of sp³-hybridized carbons (Fsp3) is 0.0476. The Kier molecular flexibility index (Phi) is 4.87. The molecule has 3 nitrogen and oxygen atoms in total. The van der Waals surface area contributed by atoms with E-state index in [4.69, 9.17) is 10.4 Å².